The third kappa shape index (κ3) is 5.18. The number of aromatic nitrogens is 2. The van der Waals surface area contributed by atoms with Crippen molar-refractivity contribution in [2.75, 3.05) is 19.0 Å². The maximum absolute atomic E-state index is 11.9. The van der Waals surface area contributed by atoms with Crippen molar-refractivity contribution in [2.45, 2.75) is 6.61 Å². The summed E-state index contributed by atoms with van der Waals surface area (Å²) in [6.07, 6.45) is 0. The molecule has 1 N–H and O–H groups in total. The zero-order valence-electron chi connectivity index (χ0n) is 14.0. The topological polar surface area (TPSA) is 82.6 Å². The number of hydrogen-bond donors (Lipinski definition) is 1. The summed E-state index contributed by atoms with van der Waals surface area (Å²) in [5.41, 5.74) is 0. The molecule has 0 aliphatic carbocycles. The molecular formula is C18H17N3O4S. The minimum atomic E-state index is -0.298. The fourth-order valence-corrected chi connectivity index (χ4v) is 2.67. The molecule has 3 aromatic rings. The van der Waals surface area contributed by atoms with Crippen molar-refractivity contribution in [3.8, 4) is 17.2 Å². The van der Waals surface area contributed by atoms with E-state index >= 15 is 0 Å². The number of benzene rings is 2. The Kier molecular flexibility index (Phi) is 6.00. The monoisotopic (exact) mass is 371 g/mol. The van der Waals surface area contributed by atoms with E-state index in [9.17, 15) is 4.79 Å². The zero-order chi connectivity index (χ0) is 18.2. The van der Waals surface area contributed by atoms with Crippen molar-refractivity contribution in [1.82, 2.24) is 10.2 Å². The standard InChI is InChI=1S/C18H17N3O4S/c1-23-13-7-9-15(10-8-13)25-12-17-20-21-18(26-17)19-16(22)11-24-14-5-3-2-4-6-14/h2-10H,11-12H2,1H3,(H,19,21,22). The molecule has 0 radical (unpaired) electrons. The van der Waals surface area contributed by atoms with Gasteiger partial charge in [0.1, 0.15) is 23.9 Å². The molecule has 0 aliphatic rings. The van der Waals surface area contributed by atoms with Crippen molar-refractivity contribution >= 4 is 22.4 Å². The first-order valence-electron chi connectivity index (χ1n) is 7.80. The molecule has 7 nitrogen and oxygen atoms in total. The van der Waals surface area contributed by atoms with E-state index in [-0.39, 0.29) is 19.1 Å². The fraction of sp³-hybridized carbons (Fsp3) is 0.167. The van der Waals surface area contributed by atoms with Crippen molar-refractivity contribution in [3.63, 3.8) is 0 Å². The van der Waals surface area contributed by atoms with Crippen LogP contribution < -0.4 is 19.5 Å². The van der Waals surface area contributed by atoms with Gasteiger partial charge in [0.05, 0.1) is 7.11 Å². The maximum Gasteiger partial charge on any atom is 0.264 e. The van der Waals surface area contributed by atoms with Gasteiger partial charge in [-0.15, -0.1) is 10.2 Å². The minimum Gasteiger partial charge on any atom is -0.497 e. The predicted molar refractivity (Wildman–Crippen MR) is 97.8 cm³/mol. The highest BCUT2D eigenvalue weighted by molar-refractivity contribution is 7.15. The van der Waals surface area contributed by atoms with E-state index < -0.39 is 0 Å². The van der Waals surface area contributed by atoms with Gasteiger partial charge in [0.2, 0.25) is 5.13 Å². The molecule has 0 saturated heterocycles. The van der Waals surface area contributed by atoms with Gasteiger partial charge in [-0.1, -0.05) is 29.5 Å². The second-order valence-corrected chi connectivity index (χ2v) is 6.18. The van der Waals surface area contributed by atoms with Gasteiger partial charge in [0, 0.05) is 0 Å². The lowest BCUT2D eigenvalue weighted by Crippen LogP contribution is -2.20. The number of anilines is 1. The van der Waals surface area contributed by atoms with Crippen LogP contribution in [0.3, 0.4) is 0 Å². The average Bonchev–Trinajstić information content (AvgIpc) is 3.13. The van der Waals surface area contributed by atoms with Gasteiger partial charge in [-0.25, -0.2) is 0 Å². The summed E-state index contributed by atoms with van der Waals surface area (Å²) in [6, 6.07) is 16.4. The third-order valence-electron chi connectivity index (χ3n) is 3.25. The van der Waals surface area contributed by atoms with Gasteiger partial charge in [-0.2, -0.15) is 0 Å². The molecule has 2 aromatic carbocycles. The van der Waals surface area contributed by atoms with Crippen LogP contribution in [0.4, 0.5) is 5.13 Å². The van der Waals surface area contributed by atoms with Gasteiger partial charge in [-0.05, 0) is 36.4 Å². The van der Waals surface area contributed by atoms with Crippen LogP contribution in [0.25, 0.3) is 0 Å². The molecule has 0 bridgehead atoms. The van der Waals surface area contributed by atoms with Gasteiger partial charge in [-0.3, -0.25) is 10.1 Å². The maximum atomic E-state index is 11.9. The molecule has 0 aliphatic heterocycles. The number of nitrogens with one attached hydrogen (secondary N) is 1. The Morgan fingerprint density at radius 2 is 1.65 bits per heavy atom. The Balaban J connectivity index is 1.45. The van der Waals surface area contributed by atoms with E-state index in [1.54, 1.807) is 19.2 Å². The highest BCUT2D eigenvalue weighted by atomic mass is 32.1. The smallest absolute Gasteiger partial charge is 0.264 e. The Hall–Kier alpha value is -3.13. The third-order valence-corrected chi connectivity index (χ3v) is 4.06. The van der Waals surface area contributed by atoms with Crippen LogP contribution in [-0.2, 0) is 11.4 Å². The van der Waals surface area contributed by atoms with Crippen molar-refractivity contribution in [3.05, 3.63) is 59.6 Å². The average molecular weight is 371 g/mol. The molecule has 134 valence electrons. The van der Waals surface area contributed by atoms with Crippen LogP contribution in [0.1, 0.15) is 5.01 Å². The highest BCUT2D eigenvalue weighted by Crippen LogP contribution is 2.20. The van der Waals surface area contributed by atoms with Crippen LogP contribution >= 0.6 is 11.3 Å². The second-order valence-electron chi connectivity index (χ2n) is 5.12. The van der Waals surface area contributed by atoms with E-state index in [0.29, 0.717) is 21.6 Å². The van der Waals surface area contributed by atoms with Crippen molar-refractivity contribution in [1.29, 1.82) is 0 Å². The molecule has 0 fully saturated rings. The van der Waals surface area contributed by atoms with Crippen LogP contribution in [0.15, 0.2) is 54.6 Å². The second kappa shape index (κ2) is 8.82. The van der Waals surface area contributed by atoms with E-state index in [4.69, 9.17) is 14.2 Å². The number of rotatable bonds is 8. The molecule has 0 saturated carbocycles. The van der Waals surface area contributed by atoms with Crippen LogP contribution in [0.2, 0.25) is 0 Å². The molecule has 26 heavy (non-hydrogen) atoms. The lowest BCUT2D eigenvalue weighted by molar-refractivity contribution is -0.118. The number of hydrogen-bond acceptors (Lipinski definition) is 7. The summed E-state index contributed by atoms with van der Waals surface area (Å²) in [5, 5.41) is 11.6. The first-order chi connectivity index (χ1) is 12.7. The first-order valence-corrected chi connectivity index (χ1v) is 8.61. The molecule has 3 rings (SSSR count). The number of amides is 1. The molecule has 0 unspecified atom stereocenters. The number of nitrogens with zero attached hydrogens (tertiary/aromatic N) is 2. The number of carbonyl (C=O) groups is 1. The SMILES string of the molecule is COc1ccc(OCc2nnc(NC(=O)COc3ccccc3)s2)cc1. The fourth-order valence-electron chi connectivity index (χ4n) is 2.00. The minimum absolute atomic E-state index is 0.0960. The largest absolute Gasteiger partial charge is 0.497 e. The Morgan fingerprint density at radius 3 is 2.38 bits per heavy atom. The van der Waals surface area contributed by atoms with Crippen molar-refractivity contribution < 1.29 is 19.0 Å². The van der Waals surface area contributed by atoms with E-state index in [0.717, 1.165) is 5.75 Å². The molecule has 1 heterocycles. The number of methoxy groups -OCH3 is 1. The summed E-state index contributed by atoms with van der Waals surface area (Å²) in [5.74, 6) is 1.79. The molecule has 1 amide bonds. The van der Waals surface area contributed by atoms with Gasteiger partial charge in [0.25, 0.3) is 5.91 Å². The van der Waals surface area contributed by atoms with E-state index in [1.165, 1.54) is 11.3 Å². The molecule has 1 aromatic heterocycles. The lowest BCUT2D eigenvalue weighted by atomic mass is 10.3. The lowest BCUT2D eigenvalue weighted by Gasteiger charge is -2.05. The number of ether oxygens (including phenoxy) is 3. The summed E-state index contributed by atoms with van der Waals surface area (Å²) in [7, 11) is 1.61. The molecule has 0 spiro atoms. The number of para-hydroxylation sites is 1. The Morgan fingerprint density at radius 1 is 0.962 bits per heavy atom. The molecule has 8 heteroatoms. The summed E-state index contributed by atoms with van der Waals surface area (Å²) < 4.78 is 16.1. The van der Waals surface area contributed by atoms with E-state index in [1.807, 2.05) is 42.5 Å². The molecular weight excluding hydrogens is 354 g/mol. The van der Waals surface area contributed by atoms with Crippen molar-refractivity contribution in [2.24, 2.45) is 0 Å². The molecule has 0 atom stereocenters. The van der Waals surface area contributed by atoms with Gasteiger partial charge in [0.15, 0.2) is 11.6 Å². The first kappa shape index (κ1) is 17.7. The van der Waals surface area contributed by atoms with Crippen LogP contribution in [0.5, 0.6) is 17.2 Å². The van der Waals surface area contributed by atoms with Gasteiger partial charge < -0.3 is 14.2 Å². The van der Waals surface area contributed by atoms with Crippen LogP contribution in [0, 0.1) is 0 Å². The van der Waals surface area contributed by atoms with Crippen LogP contribution in [-0.4, -0.2) is 29.8 Å². The Bertz CT molecular complexity index is 837. The van der Waals surface area contributed by atoms with Gasteiger partial charge >= 0.3 is 0 Å². The van der Waals surface area contributed by atoms with E-state index in [2.05, 4.69) is 15.5 Å². The normalized spacial score (nSPS) is 10.2. The zero-order valence-corrected chi connectivity index (χ0v) is 14.9. The highest BCUT2D eigenvalue weighted by Gasteiger charge is 2.09. The quantitative estimate of drug-likeness (QED) is 0.655. The summed E-state index contributed by atoms with van der Waals surface area (Å²) >= 11 is 1.25. The predicted octanol–water partition coefficient (Wildman–Crippen LogP) is 3.14. The number of carbonyl (C=O) groups excluding carboxylic acids is 1. The summed E-state index contributed by atoms with van der Waals surface area (Å²) in [6.45, 7) is 0.168. The Labute approximate surface area is 154 Å². The summed E-state index contributed by atoms with van der Waals surface area (Å²) in [4.78, 5) is 11.9.